The van der Waals surface area contributed by atoms with E-state index in [4.69, 9.17) is 20.0 Å². The van der Waals surface area contributed by atoms with Gasteiger partial charge in [0.1, 0.15) is 11.4 Å². The molecular formula is C30H52O4. The normalized spacial score (nSPS) is 13.0. The number of hydrogen-bond acceptors (Lipinski definition) is 4. The molecule has 0 aliphatic heterocycles. The topological polar surface area (TPSA) is 58.9 Å². The van der Waals surface area contributed by atoms with Gasteiger partial charge in [-0.1, -0.05) is 64.8 Å². The van der Waals surface area contributed by atoms with Gasteiger partial charge in [-0.25, -0.2) is 0 Å². The molecule has 0 heterocycles. The number of rotatable bonds is 8. The minimum Gasteiger partial charge on any atom is -0.508 e. The number of aliphatic hydroxyl groups is 1. The summed E-state index contributed by atoms with van der Waals surface area (Å²) in [6.45, 7) is 20.0. The summed E-state index contributed by atoms with van der Waals surface area (Å²) in [5.41, 5.74) is 1.89. The highest BCUT2D eigenvalue weighted by Gasteiger charge is 2.12. The molecule has 2 N–H and O–H groups in total. The molecule has 0 saturated heterocycles. The third kappa shape index (κ3) is 17.4. The fourth-order valence-corrected chi connectivity index (χ4v) is 3.03. The second kappa shape index (κ2) is 15.8. The Kier molecular flexibility index (Phi) is 14.8. The second-order valence-electron chi connectivity index (χ2n) is 11.0. The lowest BCUT2D eigenvalue weighted by molar-refractivity contribution is -0.274. The van der Waals surface area contributed by atoms with Crippen molar-refractivity contribution < 1.29 is 21.4 Å². The van der Waals surface area contributed by atoms with Crippen LogP contribution in [-0.4, -0.2) is 21.4 Å². The van der Waals surface area contributed by atoms with Gasteiger partial charge in [-0.05, 0) is 102 Å². The Balaban J connectivity index is 0. The summed E-state index contributed by atoms with van der Waals surface area (Å²) in [4.78, 5) is 10.5. The molecule has 2 rings (SSSR count). The van der Waals surface area contributed by atoms with Crippen LogP contribution in [0.4, 0.5) is 0 Å². The third-order valence-electron chi connectivity index (χ3n) is 4.74. The SMILES string of the molecule is CC(C)(C)O.CCCC(C)c1ccc(O)cc1.CCCC(C)c1ccc(OOC(C)(C)C)cc1.[2HH]. The molecule has 0 aliphatic carbocycles. The monoisotopic (exact) mass is 477 g/mol. The van der Waals surface area contributed by atoms with Crippen LogP contribution in [0.3, 0.4) is 0 Å². The van der Waals surface area contributed by atoms with Gasteiger partial charge in [0.15, 0.2) is 5.75 Å². The molecule has 0 aromatic heterocycles. The Morgan fingerprint density at radius 1 is 0.735 bits per heavy atom. The predicted octanol–water partition coefficient (Wildman–Crippen LogP) is 9.02. The number of hydrogen-bond donors (Lipinski definition) is 2. The molecule has 2 unspecified atom stereocenters. The highest BCUT2D eigenvalue weighted by atomic mass is 17.2. The molecule has 4 heteroatoms. The van der Waals surface area contributed by atoms with Crippen molar-refractivity contribution >= 4 is 0 Å². The van der Waals surface area contributed by atoms with Crippen LogP contribution in [0.5, 0.6) is 11.5 Å². The highest BCUT2D eigenvalue weighted by Crippen LogP contribution is 2.24. The van der Waals surface area contributed by atoms with Crippen LogP contribution in [0, 0.1) is 0 Å². The Labute approximate surface area is 210 Å². The highest BCUT2D eigenvalue weighted by molar-refractivity contribution is 5.29. The van der Waals surface area contributed by atoms with E-state index >= 15 is 0 Å². The molecule has 34 heavy (non-hydrogen) atoms. The van der Waals surface area contributed by atoms with E-state index in [0.717, 1.165) is 5.75 Å². The molecule has 0 aliphatic rings. The largest absolute Gasteiger partial charge is 0.508 e. The quantitative estimate of drug-likeness (QED) is 0.294. The van der Waals surface area contributed by atoms with E-state index in [0.29, 0.717) is 17.6 Å². The molecule has 0 radical (unpaired) electrons. The van der Waals surface area contributed by atoms with Crippen LogP contribution in [-0.2, 0) is 4.89 Å². The molecule has 196 valence electrons. The smallest absolute Gasteiger partial charge is 0.165 e. The van der Waals surface area contributed by atoms with E-state index in [9.17, 15) is 0 Å². The molecule has 0 bridgehead atoms. The van der Waals surface area contributed by atoms with Gasteiger partial charge in [-0.3, -0.25) is 0 Å². The van der Waals surface area contributed by atoms with E-state index in [1.807, 2.05) is 45.0 Å². The van der Waals surface area contributed by atoms with E-state index in [-0.39, 0.29) is 7.03 Å². The minimum absolute atomic E-state index is 0. The first-order chi connectivity index (χ1) is 15.7. The van der Waals surface area contributed by atoms with Crippen molar-refractivity contribution in [2.45, 2.75) is 118 Å². The zero-order chi connectivity index (χ0) is 26.4. The first-order valence-corrected chi connectivity index (χ1v) is 12.6. The van der Waals surface area contributed by atoms with Crippen molar-refractivity contribution in [2.24, 2.45) is 0 Å². The predicted molar refractivity (Wildman–Crippen MR) is 147 cm³/mol. The fraction of sp³-hybridized carbons (Fsp3) is 0.600. The van der Waals surface area contributed by atoms with E-state index in [1.54, 1.807) is 32.9 Å². The lowest BCUT2D eigenvalue weighted by atomic mass is 9.97. The zero-order valence-electron chi connectivity index (χ0n) is 23.3. The first kappa shape index (κ1) is 32.0. The van der Waals surface area contributed by atoms with Crippen molar-refractivity contribution in [3.05, 3.63) is 59.7 Å². The number of benzene rings is 2. The second-order valence-corrected chi connectivity index (χ2v) is 11.0. The van der Waals surface area contributed by atoms with Crippen molar-refractivity contribution in [1.82, 2.24) is 0 Å². The lowest BCUT2D eigenvalue weighted by Gasteiger charge is -2.18. The maximum Gasteiger partial charge on any atom is 0.165 e. The Morgan fingerprint density at radius 3 is 1.41 bits per heavy atom. The zero-order valence-corrected chi connectivity index (χ0v) is 23.3. The molecule has 0 fully saturated rings. The van der Waals surface area contributed by atoms with Crippen molar-refractivity contribution in [3.8, 4) is 11.5 Å². The van der Waals surface area contributed by atoms with Gasteiger partial charge in [-0.2, -0.15) is 4.89 Å². The van der Waals surface area contributed by atoms with Crippen LogP contribution < -0.4 is 4.89 Å². The first-order valence-electron chi connectivity index (χ1n) is 12.6. The molecule has 2 aromatic carbocycles. The van der Waals surface area contributed by atoms with Crippen LogP contribution in [0.2, 0.25) is 0 Å². The number of phenols is 1. The lowest BCUT2D eigenvalue weighted by Crippen LogP contribution is -2.21. The van der Waals surface area contributed by atoms with Gasteiger partial charge in [-0.15, -0.1) is 0 Å². The van der Waals surface area contributed by atoms with Gasteiger partial charge >= 0.3 is 0 Å². The van der Waals surface area contributed by atoms with Crippen LogP contribution >= 0.6 is 0 Å². The molecule has 0 spiro atoms. The van der Waals surface area contributed by atoms with E-state index in [1.165, 1.54) is 36.8 Å². The van der Waals surface area contributed by atoms with Crippen LogP contribution in [0.15, 0.2) is 48.5 Å². The maximum atomic E-state index is 9.07. The molecular weight excluding hydrogens is 424 g/mol. The minimum atomic E-state index is -0.500. The van der Waals surface area contributed by atoms with Crippen molar-refractivity contribution in [1.29, 1.82) is 0 Å². The maximum absolute atomic E-state index is 9.07. The van der Waals surface area contributed by atoms with Crippen LogP contribution in [0.1, 0.15) is 119 Å². The summed E-state index contributed by atoms with van der Waals surface area (Å²) in [7, 11) is 0. The van der Waals surface area contributed by atoms with Gasteiger partial charge < -0.3 is 15.1 Å². The van der Waals surface area contributed by atoms with Gasteiger partial charge in [0.2, 0.25) is 0 Å². The summed E-state index contributed by atoms with van der Waals surface area (Å²) >= 11 is 0. The van der Waals surface area contributed by atoms with E-state index in [2.05, 4.69) is 39.8 Å². The van der Waals surface area contributed by atoms with Crippen molar-refractivity contribution in [2.75, 3.05) is 0 Å². The van der Waals surface area contributed by atoms with Gasteiger partial charge in [0.05, 0.1) is 5.60 Å². The molecule has 0 amide bonds. The number of phenolic OH excluding ortho intramolecular Hbond substituents is 1. The Bertz CT molecular complexity index is 753. The Morgan fingerprint density at radius 2 is 1.09 bits per heavy atom. The summed E-state index contributed by atoms with van der Waals surface area (Å²) in [5, 5.41) is 17.6. The summed E-state index contributed by atoms with van der Waals surface area (Å²) in [6, 6.07) is 15.7. The molecule has 2 atom stereocenters. The third-order valence-corrected chi connectivity index (χ3v) is 4.74. The number of aromatic hydroxyl groups is 1. The average Bonchev–Trinajstić information content (AvgIpc) is 2.72. The molecule has 0 saturated carbocycles. The summed E-state index contributed by atoms with van der Waals surface area (Å²) < 4.78 is 0. The standard InChI is InChI=1S/C15H24O2.C11H16O.C4H10O.H2/c1-6-7-12(2)13-8-10-14(11-9-13)16-17-15(3,4)5;1-3-4-9(2)10-5-7-11(12)8-6-10;1-4(2,3)5;/h8-12H,6-7H2,1-5H3;5-9,12H,3-4H2,1-2H3;5H,1-3H3;1H/i;;;1+1. The average molecular weight is 478 g/mol. The van der Waals surface area contributed by atoms with Crippen LogP contribution in [0.25, 0.3) is 0 Å². The van der Waals surface area contributed by atoms with Crippen molar-refractivity contribution in [3.63, 3.8) is 0 Å². The summed E-state index contributed by atoms with van der Waals surface area (Å²) in [6.07, 6.45) is 4.86. The fourth-order valence-electron chi connectivity index (χ4n) is 3.03. The van der Waals surface area contributed by atoms with Gasteiger partial charge in [0, 0.05) is 1.43 Å². The Hall–Kier alpha value is -2.04. The molecule has 2 aromatic rings. The summed E-state index contributed by atoms with van der Waals surface area (Å²) in [5.74, 6) is 2.32. The van der Waals surface area contributed by atoms with Gasteiger partial charge in [0.25, 0.3) is 0 Å². The molecule has 4 nitrogen and oxygen atoms in total. The van der Waals surface area contributed by atoms with E-state index < -0.39 is 5.60 Å².